The molecule has 0 amide bonds. The minimum absolute atomic E-state index is 0.0288. The highest BCUT2D eigenvalue weighted by atomic mass is 16.8. The molecule has 4 rings (SSSR count). The zero-order valence-corrected chi connectivity index (χ0v) is 53.8. The summed E-state index contributed by atoms with van der Waals surface area (Å²) in [7, 11) is 1.12. The predicted molar refractivity (Wildman–Crippen MR) is 293 cm³/mol. The van der Waals surface area contributed by atoms with E-state index in [1.54, 1.807) is 62.3 Å². The van der Waals surface area contributed by atoms with Gasteiger partial charge in [0.1, 0.15) is 48.5 Å². The van der Waals surface area contributed by atoms with Gasteiger partial charge in [0.2, 0.25) is 0 Å². The summed E-state index contributed by atoms with van der Waals surface area (Å²) >= 11 is 0. The van der Waals surface area contributed by atoms with Gasteiger partial charge >= 0.3 is 53.9 Å². The van der Waals surface area contributed by atoms with Gasteiger partial charge in [0.15, 0.2) is 74.0 Å². The number of methoxy groups -OCH3 is 1. The maximum absolute atomic E-state index is 12.2. The van der Waals surface area contributed by atoms with Crippen LogP contribution in [0.3, 0.4) is 0 Å². The Balaban J connectivity index is 0.00000118. The van der Waals surface area contributed by atoms with Crippen LogP contribution in [0.4, 0.5) is 0 Å². The van der Waals surface area contributed by atoms with Crippen molar-refractivity contribution in [3.63, 3.8) is 0 Å². The number of hydrogen-bond donors (Lipinski definition) is 7. The summed E-state index contributed by atoms with van der Waals surface area (Å²) in [5.74, 6) is -6.51. The van der Waals surface area contributed by atoms with E-state index in [1.165, 1.54) is 27.7 Å². The molecule has 4 saturated heterocycles. The Morgan fingerprint density at radius 3 is 1.12 bits per heavy atom. The summed E-state index contributed by atoms with van der Waals surface area (Å²) in [4.78, 5) is 120. The maximum Gasteiger partial charge on any atom is 0.373 e. The molecule has 7 N–H and O–H groups in total. The van der Waals surface area contributed by atoms with Gasteiger partial charge in [-0.15, -0.1) is 0 Å². The third-order valence-corrected chi connectivity index (χ3v) is 11.3. The molecule has 89 heavy (non-hydrogen) atoms. The van der Waals surface area contributed by atoms with E-state index in [-0.39, 0.29) is 31.4 Å². The molecule has 7 unspecified atom stereocenters. The highest BCUT2D eigenvalue weighted by molar-refractivity contribution is 5.77. The van der Waals surface area contributed by atoms with Gasteiger partial charge in [0.05, 0.1) is 36.1 Å². The minimum Gasteiger partial charge on any atom is -0.479 e. The third kappa shape index (κ3) is 31.2. The monoisotopic (exact) mass is 1290 g/mol. The van der Waals surface area contributed by atoms with Gasteiger partial charge in [0, 0.05) is 48.0 Å². The number of ketones is 1. The van der Waals surface area contributed by atoms with E-state index in [1.807, 2.05) is 20.8 Å². The van der Waals surface area contributed by atoms with Crippen LogP contribution in [-0.4, -0.2) is 248 Å². The number of carboxylic acid groups (broad SMARTS) is 1. The van der Waals surface area contributed by atoms with E-state index < -0.39 is 187 Å². The van der Waals surface area contributed by atoms with Crippen molar-refractivity contribution in [2.24, 2.45) is 0 Å². The molecule has 19 atom stereocenters. The van der Waals surface area contributed by atoms with Gasteiger partial charge in [-0.1, -0.05) is 0 Å². The molecule has 33 nitrogen and oxygen atoms in total. The van der Waals surface area contributed by atoms with Crippen LogP contribution in [0.2, 0.25) is 0 Å². The molecule has 514 valence electrons. The number of Topliss-reactive ketones (excluding diaryl/α,β-unsaturated/α-hetero) is 1. The molecule has 4 aliphatic rings. The Labute approximate surface area is 515 Å². The molecule has 33 heteroatoms. The second kappa shape index (κ2) is 36.9. The molecule has 0 spiro atoms. The average molecular weight is 1290 g/mol. The summed E-state index contributed by atoms with van der Waals surface area (Å²) in [5, 5.41) is 65.4. The molecular weight excluding hydrogens is 1200 g/mol. The summed E-state index contributed by atoms with van der Waals surface area (Å²) in [6, 6.07) is 0. The lowest BCUT2D eigenvalue weighted by Crippen LogP contribution is -2.64. The summed E-state index contributed by atoms with van der Waals surface area (Å²) in [5.41, 5.74) is -2.59. The molecule has 0 radical (unpaired) electrons. The SMILES string of the molecule is CC(=O)CCC1OC(OC(C)(C)C)[C@@H](OC(C)=O)[C@@H](OC(C)=O)[C@H]1OC(C)=O.CC(C)(C)OC1OC(C(=O)O)[C@@H](O)[C@H](O)[C@@H]1O.CC(C)(C)O[C@@H]1OC[C@@H](O)[C@H](O)C1O.COC(=O)C1OC(OC(C)(C)C)[C@@H](OC(C)=O)[C@@H](OC(C)=O)[C@@H]1OC(C)=O.O=C=O. The molecule has 0 bridgehead atoms. The first kappa shape index (κ1) is 83.2. The third-order valence-electron chi connectivity index (χ3n) is 11.3. The quantitative estimate of drug-likeness (QED) is 0.0805. The van der Waals surface area contributed by atoms with Crippen molar-refractivity contribution in [3.8, 4) is 0 Å². The van der Waals surface area contributed by atoms with Crippen LogP contribution >= 0.6 is 0 Å². The maximum atomic E-state index is 12.2. The van der Waals surface area contributed by atoms with Crippen molar-refractivity contribution in [1.82, 2.24) is 0 Å². The van der Waals surface area contributed by atoms with Crippen molar-refractivity contribution in [1.29, 1.82) is 0 Å². The molecule has 0 aromatic heterocycles. The molecule has 0 aliphatic carbocycles. The van der Waals surface area contributed by atoms with Gasteiger partial charge in [-0.05, 0) is 96.4 Å². The second-order valence-corrected chi connectivity index (χ2v) is 24.2. The van der Waals surface area contributed by atoms with Crippen molar-refractivity contribution in [2.45, 2.75) is 284 Å². The smallest absolute Gasteiger partial charge is 0.373 e. The van der Waals surface area contributed by atoms with E-state index in [0.717, 1.165) is 27.9 Å². The molecular formula is C56H92O33. The number of aliphatic hydroxyl groups excluding tert-OH is 6. The lowest BCUT2D eigenvalue weighted by Gasteiger charge is -2.45. The number of hydrogen-bond acceptors (Lipinski definition) is 32. The van der Waals surface area contributed by atoms with Gasteiger partial charge in [-0.25, -0.2) is 9.59 Å². The van der Waals surface area contributed by atoms with Gasteiger partial charge in [0.25, 0.3) is 0 Å². The van der Waals surface area contributed by atoms with E-state index in [0.29, 0.717) is 0 Å². The fourth-order valence-corrected chi connectivity index (χ4v) is 8.13. The van der Waals surface area contributed by atoms with E-state index >= 15 is 0 Å². The van der Waals surface area contributed by atoms with Crippen LogP contribution in [0.25, 0.3) is 0 Å². The van der Waals surface area contributed by atoms with Gasteiger partial charge < -0.3 is 112 Å². The summed E-state index contributed by atoms with van der Waals surface area (Å²) in [6.45, 7) is 29.4. The number of ether oxygens (including phenoxy) is 15. The molecule has 0 saturated carbocycles. The summed E-state index contributed by atoms with van der Waals surface area (Å²) < 4.78 is 80.1. The zero-order chi connectivity index (χ0) is 69.6. The lowest BCUT2D eigenvalue weighted by molar-refractivity contribution is -0.322. The van der Waals surface area contributed by atoms with Crippen molar-refractivity contribution >= 4 is 59.7 Å². The number of carbonyl (C=O) groups is 9. The first-order chi connectivity index (χ1) is 40.5. The molecule has 4 heterocycles. The standard InChI is InChI=1S/C19H30O9.C17H26O10.C10H18O7.C9H18O5.CO2/c1-10(20)8-9-14-15(24-11(2)21)16(25-12(3)22)17(26-13(4)23)18(27-14)28-19(5,6)7;1-8(18)23-11-12(24-9(2)19)14(25-10(3)20)16(27-17(4,5)6)26-13(11)15(21)22-7;1-10(2,3)17-9-6(13)4(11)5(12)7(16-9)8(14)15;1-9(2,3)14-8-7(12)6(11)5(10)4-13-8;2-1-3/h14-18H,8-9H2,1-7H3;11-14,16H,1-7H3;4-7,9,11-13H,1-3H3,(H,14,15);5-8,10-12H,4H2,1-3H3;/t14?,15-,16-,17-,18?;11-,12-,13?,14-,16?;4-,5-,6-,7?,9?;5-,6+,7?,8+;/m0001./s1. The van der Waals surface area contributed by atoms with Crippen LogP contribution in [0.5, 0.6) is 0 Å². The van der Waals surface area contributed by atoms with Crippen LogP contribution < -0.4 is 0 Å². The number of carboxylic acids is 1. The molecule has 4 fully saturated rings. The Kier molecular flexibility index (Phi) is 34.5. The highest BCUT2D eigenvalue weighted by Gasteiger charge is 2.57. The Hall–Kier alpha value is -5.75. The lowest BCUT2D eigenvalue weighted by atomic mass is 9.94. The van der Waals surface area contributed by atoms with Crippen molar-refractivity contribution in [3.05, 3.63) is 0 Å². The first-order valence-corrected chi connectivity index (χ1v) is 27.7. The Morgan fingerprint density at radius 1 is 0.427 bits per heavy atom. The van der Waals surface area contributed by atoms with Crippen LogP contribution in [0.1, 0.15) is 144 Å². The normalized spacial score (nSPS) is 31.0. The fraction of sp³-hybridized carbons (Fsp3) is 0.821. The number of aliphatic hydroxyl groups is 6. The van der Waals surface area contributed by atoms with Crippen molar-refractivity contribution in [2.75, 3.05) is 13.7 Å². The van der Waals surface area contributed by atoms with Crippen LogP contribution in [0.15, 0.2) is 0 Å². The second-order valence-electron chi connectivity index (χ2n) is 24.2. The fourth-order valence-electron chi connectivity index (χ4n) is 8.13. The molecule has 4 aliphatic heterocycles. The Bertz CT molecular complexity index is 2330. The minimum atomic E-state index is -1.69. The van der Waals surface area contributed by atoms with Crippen molar-refractivity contribution < 1.29 is 160 Å². The topological polar surface area (TPSA) is 468 Å². The van der Waals surface area contributed by atoms with E-state index in [2.05, 4.69) is 0 Å². The molecule has 0 aromatic carbocycles. The van der Waals surface area contributed by atoms with Gasteiger partial charge in [-0.2, -0.15) is 9.59 Å². The number of esters is 7. The van der Waals surface area contributed by atoms with E-state index in [4.69, 9.17) is 85.7 Å². The molecule has 0 aromatic rings. The summed E-state index contributed by atoms with van der Waals surface area (Å²) in [6.07, 6.45) is -23.5. The number of aliphatic carboxylic acids is 1. The first-order valence-electron chi connectivity index (χ1n) is 27.7. The van der Waals surface area contributed by atoms with Crippen LogP contribution in [-0.2, 0) is 124 Å². The average Bonchev–Trinajstić information content (AvgIpc) is 1.01. The highest BCUT2D eigenvalue weighted by Crippen LogP contribution is 2.35. The van der Waals surface area contributed by atoms with E-state index in [9.17, 15) is 73.8 Å². The number of carbonyl (C=O) groups excluding carboxylic acids is 10. The number of rotatable bonds is 15. The van der Waals surface area contributed by atoms with Crippen LogP contribution in [0, 0.1) is 0 Å². The Morgan fingerprint density at radius 2 is 0.753 bits per heavy atom. The largest absolute Gasteiger partial charge is 0.479 e. The zero-order valence-electron chi connectivity index (χ0n) is 53.8. The predicted octanol–water partition coefficient (Wildman–Crippen LogP) is -0.464. The van der Waals surface area contributed by atoms with Gasteiger partial charge in [-0.3, -0.25) is 28.8 Å².